The molecular weight excluding hydrogens is 502 g/mol. The third-order valence-electron chi connectivity index (χ3n) is 5.90. The number of carbonyl (C=O) groups is 2. The van der Waals surface area contributed by atoms with Gasteiger partial charge in [0, 0.05) is 36.6 Å². The van der Waals surface area contributed by atoms with E-state index in [0.717, 1.165) is 18.2 Å². The van der Waals surface area contributed by atoms with Crippen molar-refractivity contribution in [1.82, 2.24) is 10.2 Å². The number of nitrogens with one attached hydrogen (secondary N) is 1. The van der Waals surface area contributed by atoms with Crippen molar-refractivity contribution in [3.63, 3.8) is 0 Å². The van der Waals surface area contributed by atoms with Crippen molar-refractivity contribution < 1.29 is 22.7 Å². The lowest BCUT2D eigenvalue weighted by molar-refractivity contribution is -0.140. The smallest absolute Gasteiger partial charge is 0.242 e. The second-order valence-corrected chi connectivity index (χ2v) is 11.1. The van der Waals surface area contributed by atoms with Crippen LogP contribution in [0.25, 0.3) is 0 Å². The Morgan fingerprint density at radius 1 is 1.11 bits per heavy atom. The highest BCUT2D eigenvalue weighted by Gasteiger charge is 2.27. The Labute approximate surface area is 219 Å². The van der Waals surface area contributed by atoms with Crippen molar-refractivity contribution >= 4 is 39.1 Å². The molecule has 36 heavy (non-hydrogen) atoms. The molecule has 10 heteroatoms. The van der Waals surface area contributed by atoms with E-state index in [1.807, 2.05) is 19.9 Å². The van der Waals surface area contributed by atoms with Crippen molar-refractivity contribution in [3.8, 4) is 5.75 Å². The van der Waals surface area contributed by atoms with Gasteiger partial charge in [-0.1, -0.05) is 36.7 Å². The molecule has 0 bridgehead atoms. The van der Waals surface area contributed by atoms with Gasteiger partial charge in [-0.05, 0) is 56.5 Å². The van der Waals surface area contributed by atoms with E-state index in [1.165, 1.54) is 16.3 Å². The topological polar surface area (TPSA) is 96.0 Å². The Morgan fingerprint density at radius 3 is 2.42 bits per heavy atom. The number of amides is 2. The molecule has 0 radical (unpaired) electrons. The van der Waals surface area contributed by atoms with E-state index in [4.69, 9.17) is 16.3 Å². The van der Waals surface area contributed by atoms with Crippen LogP contribution >= 0.6 is 11.6 Å². The van der Waals surface area contributed by atoms with Crippen LogP contribution in [0.4, 0.5) is 5.69 Å². The number of nitrogens with zero attached hydrogens (tertiary/aromatic N) is 2. The number of rotatable bonds is 13. The quantitative estimate of drug-likeness (QED) is 0.412. The van der Waals surface area contributed by atoms with E-state index in [9.17, 15) is 18.0 Å². The molecule has 1 N–H and O–H groups in total. The summed E-state index contributed by atoms with van der Waals surface area (Å²) in [5.74, 6) is 0.0424. The lowest BCUT2D eigenvalue weighted by atomic mass is 10.1. The predicted octanol–water partition coefficient (Wildman–Crippen LogP) is 4.23. The zero-order valence-corrected chi connectivity index (χ0v) is 23.1. The Balaban J connectivity index is 2.18. The second-order valence-electron chi connectivity index (χ2n) is 8.79. The Morgan fingerprint density at radius 2 is 1.81 bits per heavy atom. The molecule has 0 aromatic heterocycles. The molecule has 0 unspecified atom stereocenters. The molecule has 8 nitrogen and oxygen atoms in total. The van der Waals surface area contributed by atoms with Crippen LogP contribution in [0, 0.1) is 0 Å². The zero-order valence-electron chi connectivity index (χ0n) is 21.5. The molecule has 0 aliphatic heterocycles. The average molecular weight is 538 g/mol. The number of benzene rings is 2. The molecule has 2 atom stereocenters. The van der Waals surface area contributed by atoms with Crippen molar-refractivity contribution in [2.45, 2.75) is 58.7 Å². The molecule has 2 aromatic carbocycles. The highest BCUT2D eigenvalue weighted by atomic mass is 35.5. The van der Waals surface area contributed by atoms with Gasteiger partial charge in [0.25, 0.3) is 0 Å². The summed E-state index contributed by atoms with van der Waals surface area (Å²) >= 11 is 6.12. The second kappa shape index (κ2) is 13.5. The van der Waals surface area contributed by atoms with Gasteiger partial charge in [0.05, 0.1) is 19.1 Å². The van der Waals surface area contributed by atoms with Crippen LogP contribution in [0.2, 0.25) is 5.02 Å². The summed E-state index contributed by atoms with van der Waals surface area (Å²) in [5.41, 5.74) is 1.26. The van der Waals surface area contributed by atoms with Crippen LogP contribution in [-0.4, -0.2) is 57.1 Å². The molecule has 2 amide bonds. The summed E-state index contributed by atoms with van der Waals surface area (Å²) in [5, 5.41) is 3.47. The van der Waals surface area contributed by atoms with Crippen molar-refractivity contribution in [2.24, 2.45) is 0 Å². The monoisotopic (exact) mass is 537 g/mol. The summed E-state index contributed by atoms with van der Waals surface area (Å²) in [6, 6.07) is 13.2. The summed E-state index contributed by atoms with van der Waals surface area (Å²) < 4.78 is 31.4. The minimum Gasteiger partial charge on any atom is -0.497 e. The molecule has 0 fully saturated rings. The molecule has 0 saturated heterocycles. The largest absolute Gasteiger partial charge is 0.497 e. The van der Waals surface area contributed by atoms with E-state index in [1.54, 1.807) is 49.4 Å². The first-order chi connectivity index (χ1) is 17.0. The summed E-state index contributed by atoms with van der Waals surface area (Å²) in [4.78, 5) is 27.7. The van der Waals surface area contributed by atoms with Crippen LogP contribution in [0.5, 0.6) is 5.75 Å². The minimum atomic E-state index is -3.59. The SMILES string of the molecule is CC[C@@H](C)NC(=O)[C@@H](C)N(Cc1cccc(Cl)c1)C(=O)CCCN(c1cccc(OC)c1)S(C)(=O)=O. The van der Waals surface area contributed by atoms with E-state index in [0.29, 0.717) is 16.5 Å². The van der Waals surface area contributed by atoms with Crippen LogP contribution in [-0.2, 0) is 26.2 Å². The van der Waals surface area contributed by atoms with E-state index < -0.39 is 16.1 Å². The maximum absolute atomic E-state index is 13.3. The number of halogens is 1. The first-order valence-corrected chi connectivity index (χ1v) is 14.1. The van der Waals surface area contributed by atoms with Crippen LogP contribution < -0.4 is 14.4 Å². The molecule has 198 valence electrons. The van der Waals surface area contributed by atoms with Gasteiger partial charge in [-0.3, -0.25) is 13.9 Å². The fourth-order valence-electron chi connectivity index (χ4n) is 3.65. The number of hydrogen-bond donors (Lipinski definition) is 1. The van der Waals surface area contributed by atoms with Gasteiger partial charge in [-0.2, -0.15) is 0 Å². The molecule has 0 heterocycles. The molecule has 0 saturated carbocycles. The van der Waals surface area contributed by atoms with Crippen LogP contribution in [0.15, 0.2) is 48.5 Å². The van der Waals surface area contributed by atoms with Gasteiger partial charge < -0.3 is 15.0 Å². The predicted molar refractivity (Wildman–Crippen MR) is 144 cm³/mol. The first-order valence-electron chi connectivity index (χ1n) is 11.9. The van der Waals surface area contributed by atoms with E-state index in [-0.39, 0.29) is 43.8 Å². The third kappa shape index (κ3) is 8.71. The lowest BCUT2D eigenvalue weighted by Crippen LogP contribution is -2.49. The van der Waals surface area contributed by atoms with Crippen molar-refractivity contribution in [2.75, 3.05) is 24.2 Å². The van der Waals surface area contributed by atoms with Crippen molar-refractivity contribution in [1.29, 1.82) is 0 Å². The summed E-state index contributed by atoms with van der Waals surface area (Å²) in [6.45, 7) is 5.89. The number of ether oxygens (including phenoxy) is 1. The summed E-state index contributed by atoms with van der Waals surface area (Å²) in [6.07, 6.45) is 2.24. The lowest BCUT2D eigenvalue weighted by Gasteiger charge is -2.30. The number of anilines is 1. The van der Waals surface area contributed by atoms with Gasteiger partial charge in [0.2, 0.25) is 21.8 Å². The van der Waals surface area contributed by atoms with Gasteiger partial charge in [-0.15, -0.1) is 0 Å². The first kappa shape index (κ1) is 29.5. The summed E-state index contributed by atoms with van der Waals surface area (Å²) in [7, 11) is -2.08. The van der Waals surface area contributed by atoms with Crippen LogP contribution in [0.1, 0.15) is 45.6 Å². The maximum Gasteiger partial charge on any atom is 0.242 e. The number of methoxy groups -OCH3 is 1. The van der Waals surface area contributed by atoms with Crippen LogP contribution in [0.3, 0.4) is 0 Å². The standard InChI is InChI=1S/C26H36ClN3O5S/c1-6-19(2)28-26(32)20(3)29(18-21-10-7-11-22(27)16-21)25(31)14-9-15-30(36(5,33)34)23-12-8-13-24(17-23)35-4/h7-8,10-13,16-17,19-20H,6,9,14-15,18H2,1-5H3,(H,28,32)/t19-,20-/m1/s1. The fourth-order valence-corrected chi connectivity index (χ4v) is 4.82. The Hall–Kier alpha value is -2.78. The van der Waals surface area contributed by atoms with Crippen molar-refractivity contribution in [3.05, 3.63) is 59.1 Å². The molecule has 0 spiro atoms. The molecular formula is C26H36ClN3O5S. The highest BCUT2D eigenvalue weighted by Crippen LogP contribution is 2.24. The fraction of sp³-hybridized carbons (Fsp3) is 0.462. The minimum absolute atomic E-state index is 0.0192. The number of sulfonamides is 1. The Kier molecular flexibility index (Phi) is 11.0. The molecule has 0 aliphatic carbocycles. The third-order valence-corrected chi connectivity index (χ3v) is 7.33. The van der Waals surface area contributed by atoms with Gasteiger partial charge in [0.1, 0.15) is 11.8 Å². The maximum atomic E-state index is 13.3. The number of hydrogen-bond acceptors (Lipinski definition) is 5. The van der Waals surface area contributed by atoms with E-state index >= 15 is 0 Å². The average Bonchev–Trinajstić information content (AvgIpc) is 2.83. The van der Waals surface area contributed by atoms with E-state index in [2.05, 4.69) is 5.32 Å². The number of carbonyl (C=O) groups excluding carboxylic acids is 2. The van der Waals surface area contributed by atoms with Gasteiger partial charge in [-0.25, -0.2) is 8.42 Å². The van der Waals surface area contributed by atoms with Gasteiger partial charge >= 0.3 is 0 Å². The molecule has 0 aliphatic rings. The highest BCUT2D eigenvalue weighted by molar-refractivity contribution is 7.92. The molecule has 2 rings (SSSR count). The Bertz CT molecular complexity index is 1140. The zero-order chi connectivity index (χ0) is 26.9. The van der Waals surface area contributed by atoms with Gasteiger partial charge in [0.15, 0.2) is 0 Å². The normalized spacial score (nSPS) is 12.9. The molecule has 2 aromatic rings.